The maximum atomic E-state index is 13.1. The lowest BCUT2D eigenvalue weighted by Crippen LogP contribution is -2.03. The molecule has 2 rings (SSSR count). The molecule has 0 aliphatic rings. The second kappa shape index (κ2) is 4.93. The normalized spacial score (nSPS) is 10.2. The van der Waals surface area contributed by atoms with Gasteiger partial charge in [-0.15, -0.1) is 0 Å². The molecule has 0 aliphatic heterocycles. The zero-order chi connectivity index (χ0) is 14.0. The first kappa shape index (κ1) is 12.8. The highest BCUT2D eigenvalue weighted by Crippen LogP contribution is 2.25. The first-order chi connectivity index (χ1) is 8.97. The second-order valence-electron chi connectivity index (χ2n) is 3.94. The fourth-order valence-electron chi connectivity index (χ4n) is 1.50. The van der Waals surface area contributed by atoms with Gasteiger partial charge in [0, 0.05) is 0 Å². The van der Waals surface area contributed by atoms with Crippen LogP contribution in [0.2, 0.25) is 0 Å². The predicted octanol–water partition coefficient (Wildman–Crippen LogP) is 2.60. The van der Waals surface area contributed by atoms with Crippen molar-refractivity contribution < 1.29 is 19.0 Å². The Morgan fingerprint density at radius 2 is 2.16 bits per heavy atom. The van der Waals surface area contributed by atoms with E-state index in [1.165, 1.54) is 30.5 Å². The summed E-state index contributed by atoms with van der Waals surface area (Å²) in [6.45, 7) is 1.58. The third-order valence-electron chi connectivity index (χ3n) is 2.45. The highest BCUT2D eigenvalue weighted by Gasteiger charge is 2.14. The fourth-order valence-corrected chi connectivity index (χ4v) is 1.50. The van der Waals surface area contributed by atoms with E-state index >= 15 is 0 Å². The molecule has 0 saturated heterocycles. The van der Waals surface area contributed by atoms with Gasteiger partial charge < -0.3 is 15.6 Å². The van der Waals surface area contributed by atoms with Crippen LogP contribution in [0.5, 0.6) is 11.6 Å². The van der Waals surface area contributed by atoms with Crippen LogP contribution in [0.25, 0.3) is 0 Å². The molecule has 2 aromatic rings. The van der Waals surface area contributed by atoms with Gasteiger partial charge in [-0.3, -0.25) is 0 Å². The third-order valence-corrected chi connectivity index (χ3v) is 2.45. The van der Waals surface area contributed by atoms with E-state index in [2.05, 4.69) is 4.98 Å². The predicted molar refractivity (Wildman–Crippen MR) is 66.8 cm³/mol. The number of halogens is 1. The number of nitrogen functional groups attached to an aromatic ring is 1. The summed E-state index contributed by atoms with van der Waals surface area (Å²) in [6.07, 6.45) is 1.29. The first-order valence-corrected chi connectivity index (χ1v) is 5.40. The number of ether oxygens (including phenoxy) is 1. The number of rotatable bonds is 3. The number of aromatic carboxylic acids is 1. The molecule has 1 heterocycles. The minimum atomic E-state index is -1.20. The Labute approximate surface area is 108 Å². The molecule has 5 nitrogen and oxygen atoms in total. The minimum absolute atomic E-state index is 0.0901. The maximum absolute atomic E-state index is 13.1. The van der Waals surface area contributed by atoms with Crippen LogP contribution in [0.3, 0.4) is 0 Å². The molecule has 98 valence electrons. The second-order valence-corrected chi connectivity index (χ2v) is 3.94. The van der Waals surface area contributed by atoms with Gasteiger partial charge in [-0.1, -0.05) is 0 Å². The Hall–Kier alpha value is -2.63. The van der Waals surface area contributed by atoms with Crippen LogP contribution >= 0.6 is 0 Å². The quantitative estimate of drug-likeness (QED) is 0.888. The van der Waals surface area contributed by atoms with Crippen LogP contribution < -0.4 is 10.5 Å². The molecule has 0 spiro atoms. The van der Waals surface area contributed by atoms with Gasteiger partial charge in [-0.05, 0) is 36.8 Å². The van der Waals surface area contributed by atoms with E-state index in [1.54, 1.807) is 6.92 Å². The van der Waals surface area contributed by atoms with Gasteiger partial charge in [0.1, 0.15) is 17.1 Å². The van der Waals surface area contributed by atoms with Gasteiger partial charge in [0.25, 0.3) is 0 Å². The zero-order valence-corrected chi connectivity index (χ0v) is 10.1. The number of carboxylic acid groups (broad SMARTS) is 1. The molecule has 0 radical (unpaired) electrons. The van der Waals surface area contributed by atoms with Crippen LogP contribution in [0, 0.1) is 12.7 Å². The average molecular weight is 262 g/mol. The largest absolute Gasteiger partial charge is 0.477 e. The standard InChI is InChI=1S/C13H11FN2O3/c1-7-4-9(2-3-11(7)14)19-12-10(13(17)18)5-8(15)6-16-12/h2-6H,15H2,1H3,(H,17,18). The summed E-state index contributed by atoms with van der Waals surface area (Å²) in [5.74, 6) is -1.35. The number of carboxylic acids is 1. The van der Waals surface area contributed by atoms with Crippen molar-refractivity contribution in [3.63, 3.8) is 0 Å². The van der Waals surface area contributed by atoms with Crippen molar-refractivity contribution in [3.8, 4) is 11.6 Å². The lowest BCUT2D eigenvalue weighted by Gasteiger charge is -2.08. The zero-order valence-electron chi connectivity index (χ0n) is 10.1. The molecular weight excluding hydrogens is 251 g/mol. The molecule has 6 heteroatoms. The van der Waals surface area contributed by atoms with Gasteiger partial charge in [0.15, 0.2) is 0 Å². The summed E-state index contributed by atoms with van der Waals surface area (Å²) < 4.78 is 18.5. The SMILES string of the molecule is Cc1cc(Oc2ncc(N)cc2C(=O)O)ccc1F. The Morgan fingerprint density at radius 3 is 2.79 bits per heavy atom. The summed E-state index contributed by atoms with van der Waals surface area (Å²) in [7, 11) is 0. The number of aromatic nitrogens is 1. The number of benzene rings is 1. The van der Waals surface area contributed by atoms with E-state index < -0.39 is 5.97 Å². The van der Waals surface area contributed by atoms with Crippen LogP contribution in [0.15, 0.2) is 30.5 Å². The highest BCUT2D eigenvalue weighted by molar-refractivity contribution is 5.91. The number of hydrogen-bond acceptors (Lipinski definition) is 4. The Bertz CT molecular complexity index is 644. The molecule has 19 heavy (non-hydrogen) atoms. The third kappa shape index (κ3) is 2.79. The molecule has 0 bridgehead atoms. The van der Waals surface area contributed by atoms with Gasteiger partial charge in [0.05, 0.1) is 11.9 Å². The topological polar surface area (TPSA) is 85.4 Å². The highest BCUT2D eigenvalue weighted by atomic mass is 19.1. The number of aryl methyl sites for hydroxylation is 1. The molecule has 0 fully saturated rings. The van der Waals surface area contributed by atoms with E-state index in [0.717, 1.165) is 0 Å². The van der Waals surface area contributed by atoms with Gasteiger partial charge in [-0.2, -0.15) is 0 Å². The molecule has 0 atom stereocenters. The van der Waals surface area contributed by atoms with Crippen molar-refractivity contribution in [1.29, 1.82) is 0 Å². The Kier molecular flexibility index (Phi) is 3.33. The van der Waals surface area contributed by atoms with Crippen molar-refractivity contribution in [3.05, 3.63) is 47.4 Å². The molecule has 0 amide bonds. The maximum Gasteiger partial charge on any atom is 0.341 e. The van der Waals surface area contributed by atoms with Crippen molar-refractivity contribution in [2.45, 2.75) is 6.92 Å². The fraction of sp³-hybridized carbons (Fsp3) is 0.0769. The summed E-state index contributed by atoms with van der Waals surface area (Å²) in [5, 5.41) is 9.03. The molecule has 0 aliphatic carbocycles. The molecule has 0 saturated carbocycles. The van der Waals surface area contributed by atoms with Crippen LogP contribution in [-0.4, -0.2) is 16.1 Å². The monoisotopic (exact) mass is 262 g/mol. The summed E-state index contributed by atoms with van der Waals surface area (Å²) in [6, 6.07) is 5.34. The smallest absolute Gasteiger partial charge is 0.341 e. The number of hydrogen-bond donors (Lipinski definition) is 2. The molecule has 1 aromatic carbocycles. The van der Waals surface area contributed by atoms with Crippen molar-refractivity contribution in [2.24, 2.45) is 0 Å². The van der Waals surface area contributed by atoms with E-state index in [0.29, 0.717) is 11.3 Å². The van der Waals surface area contributed by atoms with Crippen LogP contribution in [0.1, 0.15) is 15.9 Å². The lowest BCUT2D eigenvalue weighted by atomic mass is 10.2. The lowest BCUT2D eigenvalue weighted by molar-refractivity contribution is 0.0693. The van der Waals surface area contributed by atoms with Gasteiger partial charge >= 0.3 is 5.97 Å². The van der Waals surface area contributed by atoms with Crippen molar-refractivity contribution in [2.75, 3.05) is 5.73 Å². The number of nitrogens with two attached hydrogens (primary N) is 1. The minimum Gasteiger partial charge on any atom is -0.477 e. The molecular formula is C13H11FN2O3. The summed E-state index contributed by atoms with van der Waals surface area (Å²) in [5.41, 5.74) is 5.94. The van der Waals surface area contributed by atoms with Crippen molar-refractivity contribution >= 4 is 11.7 Å². The van der Waals surface area contributed by atoms with Crippen molar-refractivity contribution in [1.82, 2.24) is 4.98 Å². The van der Waals surface area contributed by atoms with Gasteiger partial charge in [-0.25, -0.2) is 14.2 Å². The molecule has 3 N–H and O–H groups in total. The van der Waals surface area contributed by atoms with Crippen LogP contribution in [-0.2, 0) is 0 Å². The number of anilines is 1. The van der Waals surface area contributed by atoms with E-state index in [9.17, 15) is 9.18 Å². The Morgan fingerprint density at radius 1 is 1.42 bits per heavy atom. The van der Waals surface area contributed by atoms with Gasteiger partial charge in [0.2, 0.25) is 5.88 Å². The number of pyridine rings is 1. The Balaban J connectivity index is 2.37. The number of carbonyl (C=O) groups is 1. The van der Waals surface area contributed by atoms with E-state index in [4.69, 9.17) is 15.6 Å². The molecule has 0 unspecified atom stereocenters. The molecule has 1 aromatic heterocycles. The average Bonchev–Trinajstić information content (AvgIpc) is 2.36. The summed E-state index contributed by atoms with van der Waals surface area (Å²) in [4.78, 5) is 14.9. The van der Waals surface area contributed by atoms with E-state index in [-0.39, 0.29) is 22.9 Å². The number of nitrogens with zero attached hydrogens (tertiary/aromatic N) is 1. The van der Waals surface area contributed by atoms with E-state index in [1.807, 2.05) is 0 Å². The summed E-state index contributed by atoms with van der Waals surface area (Å²) >= 11 is 0. The van der Waals surface area contributed by atoms with Crippen LogP contribution in [0.4, 0.5) is 10.1 Å². The first-order valence-electron chi connectivity index (χ1n) is 5.40.